The lowest BCUT2D eigenvalue weighted by Gasteiger charge is -2.14. The average molecular weight is 371 g/mol. The van der Waals surface area contributed by atoms with E-state index in [2.05, 4.69) is 15.9 Å². The summed E-state index contributed by atoms with van der Waals surface area (Å²) in [5.41, 5.74) is 0.448. The molecule has 6 heteroatoms. The smallest absolute Gasteiger partial charge is 0.206 e. The lowest BCUT2D eigenvalue weighted by atomic mass is 10.1. The van der Waals surface area contributed by atoms with Crippen LogP contribution in [0.5, 0.6) is 17.2 Å². The van der Waals surface area contributed by atoms with Crippen molar-refractivity contribution in [2.75, 3.05) is 21.3 Å². The van der Waals surface area contributed by atoms with Crippen LogP contribution in [0.25, 0.3) is 0 Å². The Morgan fingerprint density at radius 3 is 2.24 bits per heavy atom. The molecule has 112 valence electrons. The van der Waals surface area contributed by atoms with Crippen molar-refractivity contribution in [3.63, 3.8) is 0 Å². The summed E-state index contributed by atoms with van der Waals surface area (Å²) >= 11 is 4.86. The Balaban J connectivity index is 2.55. The number of aryl methyl sites for hydroxylation is 1. The van der Waals surface area contributed by atoms with Gasteiger partial charge in [0.05, 0.1) is 31.8 Å². The summed E-state index contributed by atoms with van der Waals surface area (Å²) < 4.78 is 16.8. The Morgan fingerprint density at radius 1 is 1.10 bits per heavy atom. The molecule has 0 aliphatic rings. The molecule has 1 aromatic carbocycles. The molecule has 4 nitrogen and oxygen atoms in total. The molecule has 0 saturated carbocycles. The number of ether oxygens (including phenoxy) is 3. The predicted molar refractivity (Wildman–Crippen MR) is 86.3 cm³/mol. The first-order valence-electron chi connectivity index (χ1n) is 6.13. The van der Waals surface area contributed by atoms with E-state index < -0.39 is 0 Å². The highest BCUT2D eigenvalue weighted by molar-refractivity contribution is 9.10. The number of methoxy groups -OCH3 is 3. The first kappa shape index (κ1) is 15.9. The third-order valence-electron chi connectivity index (χ3n) is 3.03. The summed E-state index contributed by atoms with van der Waals surface area (Å²) in [6.45, 7) is 1.96. The first-order valence-corrected chi connectivity index (χ1v) is 7.74. The highest BCUT2D eigenvalue weighted by Gasteiger charge is 2.23. The molecule has 0 bridgehead atoms. The Bertz CT molecular complexity index is 659. The molecule has 21 heavy (non-hydrogen) atoms. The number of carbonyl (C=O) groups excluding carboxylic acids is 1. The van der Waals surface area contributed by atoms with Crippen molar-refractivity contribution in [3.8, 4) is 17.2 Å². The molecule has 0 atom stereocenters. The van der Waals surface area contributed by atoms with Crippen LogP contribution in [0.15, 0.2) is 22.7 Å². The molecule has 1 heterocycles. The lowest BCUT2D eigenvalue weighted by Crippen LogP contribution is -2.04. The van der Waals surface area contributed by atoms with Crippen molar-refractivity contribution in [1.82, 2.24) is 0 Å². The van der Waals surface area contributed by atoms with Crippen LogP contribution in [0, 0.1) is 6.92 Å². The van der Waals surface area contributed by atoms with E-state index in [0.717, 1.165) is 9.35 Å². The molecule has 2 aromatic rings. The number of rotatable bonds is 5. The Labute approximate surface area is 135 Å². The van der Waals surface area contributed by atoms with E-state index in [1.807, 2.05) is 13.0 Å². The minimum absolute atomic E-state index is 0.105. The van der Waals surface area contributed by atoms with E-state index in [1.165, 1.54) is 25.6 Å². The van der Waals surface area contributed by atoms with Gasteiger partial charge >= 0.3 is 0 Å². The summed E-state index contributed by atoms with van der Waals surface area (Å²) in [7, 11) is 4.56. The first-order chi connectivity index (χ1) is 10.0. The summed E-state index contributed by atoms with van der Waals surface area (Å²) in [6.07, 6.45) is 0. The summed E-state index contributed by atoms with van der Waals surface area (Å²) in [5, 5.41) is 0. The standard InChI is InChI=1S/C15H15BrO4S/c1-8-10(16)7-12(21-8)13(17)9-5-6-11(18-2)15(20-4)14(9)19-3/h5-7H,1-4H3. The predicted octanol–water partition coefficient (Wildman–Crippen LogP) is 4.08. The van der Waals surface area contributed by atoms with E-state index >= 15 is 0 Å². The maximum absolute atomic E-state index is 12.7. The molecule has 0 spiro atoms. The van der Waals surface area contributed by atoms with Crippen LogP contribution >= 0.6 is 27.3 Å². The summed E-state index contributed by atoms with van der Waals surface area (Å²) in [4.78, 5) is 14.4. The number of hydrogen-bond acceptors (Lipinski definition) is 5. The molecule has 0 N–H and O–H groups in total. The molecular weight excluding hydrogens is 356 g/mol. The topological polar surface area (TPSA) is 44.8 Å². The largest absolute Gasteiger partial charge is 0.493 e. The molecule has 0 fully saturated rings. The molecule has 0 radical (unpaired) electrons. The van der Waals surface area contributed by atoms with Gasteiger partial charge in [-0.15, -0.1) is 11.3 Å². The van der Waals surface area contributed by atoms with Gasteiger partial charge in [0.1, 0.15) is 0 Å². The molecule has 0 aliphatic carbocycles. The zero-order valence-electron chi connectivity index (χ0n) is 12.2. The summed E-state index contributed by atoms with van der Waals surface area (Å²) in [6, 6.07) is 5.20. The monoisotopic (exact) mass is 370 g/mol. The van der Waals surface area contributed by atoms with E-state index in [-0.39, 0.29) is 5.78 Å². The molecule has 0 saturated heterocycles. The normalized spacial score (nSPS) is 10.3. The highest BCUT2D eigenvalue weighted by Crippen LogP contribution is 2.41. The van der Waals surface area contributed by atoms with Gasteiger partial charge in [-0.1, -0.05) is 0 Å². The lowest BCUT2D eigenvalue weighted by molar-refractivity contribution is 0.103. The van der Waals surface area contributed by atoms with Gasteiger partial charge in [-0.25, -0.2) is 0 Å². The van der Waals surface area contributed by atoms with Gasteiger partial charge in [0.25, 0.3) is 0 Å². The van der Waals surface area contributed by atoms with Crippen molar-refractivity contribution in [2.24, 2.45) is 0 Å². The van der Waals surface area contributed by atoms with Crippen LogP contribution in [0.2, 0.25) is 0 Å². The minimum atomic E-state index is -0.105. The zero-order chi connectivity index (χ0) is 15.6. The maximum Gasteiger partial charge on any atom is 0.206 e. The van der Waals surface area contributed by atoms with E-state index in [0.29, 0.717) is 27.7 Å². The number of carbonyl (C=O) groups is 1. The fourth-order valence-corrected chi connectivity index (χ4v) is 3.47. The number of ketones is 1. The minimum Gasteiger partial charge on any atom is -0.493 e. The Hall–Kier alpha value is -1.53. The van der Waals surface area contributed by atoms with Gasteiger partial charge in [-0.3, -0.25) is 4.79 Å². The Kier molecular flexibility index (Phi) is 4.90. The van der Waals surface area contributed by atoms with E-state index in [4.69, 9.17) is 14.2 Å². The molecule has 0 unspecified atom stereocenters. The molecule has 2 rings (SSSR count). The number of benzene rings is 1. The number of hydrogen-bond donors (Lipinski definition) is 0. The third kappa shape index (κ3) is 2.91. The van der Waals surface area contributed by atoms with Crippen LogP contribution in [0.1, 0.15) is 20.1 Å². The van der Waals surface area contributed by atoms with Crippen molar-refractivity contribution >= 4 is 33.0 Å². The summed E-state index contributed by atoms with van der Waals surface area (Å²) in [5.74, 6) is 1.21. The second kappa shape index (κ2) is 6.49. The van der Waals surface area contributed by atoms with Crippen LogP contribution in [0.4, 0.5) is 0 Å². The van der Waals surface area contributed by atoms with Gasteiger partial charge < -0.3 is 14.2 Å². The average Bonchev–Trinajstić information content (AvgIpc) is 2.84. The number of halogens is 1. The Morgan fingerprint density at radius 2 is 1.76 bits per heavy atom. The van der Waals surface area contributed by atoms with Crippen LogP contribution < -0.4 is 14.2 Å². The van der Waals surface area contributed by atoms with Gasteiger partial charge in [-0.2, -0.15) is 0 Å². The van der Waals surface area contributed by atoms with E-state index in [1.54, 1.807) is 19.2 Å². The van der Waals surface area contributed by atoms with Crippen molar-refractivity contribution < 1.29 is 19.0 Å². The van der Waals surface area contributed by atoms with Gasteiger partial charge in [-0.05, 0) is 41.1 Å². The molecule has 1 aromatic heterocycles. The van der Waals surface area contributed by atoms with Crippen LogP contribution in [-0.2, 0) is 0 Å². The highest BCUT2D eigenvalue weighted by atomic mass is 79.9. The third-order valence-corrected chi connectivity index (χ3v) is 5.17. The zero-order valence-corrected chi connectivity index (χ0v) is 14.6. The fraction of sp³-hybridized carbons (Fsp3) is 0.267. The molecular formula is C15H15BrO4S. The van der Waals surface area contributed by atoms with E-state index in [9.17, 15) is 4.79 Å². The van der Waals surface area contributed by atoms with Gasteiger partial charge in [0, 0.05) is 9.35 Å². The molecule has 0 aliphatic heterocycles. The van der Waals surface area contributed by atoms with Crippen LogP contribution in [0.3, 0.4) is 0 Å². The fourth-order valence-electron chi connectivity index (χ4n) is 1.98. The molecule has 0 amide bonds. The van der Waals surface area contributed by atoms with Gasteiger partial charge in [0.2, 0.25) is 11.5 Å². The SMILES string of the molecule is COc1ccc(C(=O)c2cc(Br)c(C)s2)c(OC)c1OC. The van der Waals surface area contributed by atoms with Gasteiger partial charge in [0.15, 0.2) is 11.5 Å². The van der Waals surface area contributed by atoms with Crippen molar-refractivity contribution in [1.29, 1.82) is 0 Å². The number of thiophene rings is 1. The van der Waals surface area contributed by atoms with Crippen LogP contribution in [-0.4, -0.2) is 27.1 Å². The van der Waals surface area contributed by atoms with Crippen molar-refractivity contribution in [2.45, 2.75) is 6.92 Å². The van der Waals surface area contributed by atoms with Crippen molar-refractivity contribution in [3.05, 3.63) is 38.0 Å². The maximum atomic E-state index is 12.7. The second-order valence-corrected chi connectivity index (χ2v) is 6.34. The second-order valence-electron chi connectivity index (χ2n) is 4.23. The quantitative estimate of drug-likeness (QED) is 0.743.